The first kappa shape index (κ1) is 13.5. The fraction of sp³-hybridized carbons (Fsp3) is 0.667. The van der Waals surface area contributed by atoms with E-state index >= 15 is 0 Å². The molecule has 1 aromatic heterocycles. The van der Waals surface area contributed by atoms with Crippen molar-refractivity contribution in [2.45, 2.75) is 39.7 Å². The lowest BCUT2D eigenvalue weighted by Crippen LogP contribution is -2.29. The van der Waals surface area contributed by atoms with E-state index in [9.17, 15) is 4.79 Å². The molecule has 0 spiro atoms. The lowest BCUT2D eigenvalue weighted by atomic mass is 10.1. The van der Waals surface area contributed by atoms with Crippen LogP contribution in [0.25, 0.3) is 0 Å². The van der Waals surface area contributed by atoms with E-state index in [1.165, 1.54) is 0 Å². The number of aromatic nitrogens is 2. The number of amides is 1. The Kier molecular flexibility index (Phi) is 3.80. The van der Waals surface area contributed by atoms with Gasteiger partial charge < -0.3 is 15.2 Å². The van der Waals surface area contributed by atoms with Gasteiger partial charge in [-0.3, -0.25) is 4.79 Å². The van der Waals surface area contributed by atoms with Gasteiger partial charge in [0, 0.05) is 19.1 Å². The third kappa shape index (κ3) is 2.78. The topological polar surface area (TPSA) is 64.2 Å². The molecule has 1 aromatic rings. The molecule has 0 fully saturated rings. The first-order chi connectivity index (χ1) is 7.79. The summed E-state index contributed by atoms with van der Waals surface area (Å²) in [7, 11) is 1.77. The van der Waals surface area contributed by atoms with Gasteiger partial charge in [-0.15, -0.1) is 0 Å². The molecule has 0 saturated carbocycles. The summed E-state index contributed by atoms with van der Waals surface area (Å²) in [6.45, 7) is 8.81. The number of imidazole rings is 1. The zero-order chi connectivity index (χ0) is 13.2. The first-order valence-electron chi connectivity index (χ1n) is 5.87. The van der Waals surface area contributed by atoms with Crippen molar-refractivity contribution in [2.75, 3.05) is 19.3 Å². The van der Waals surface area contributed by atoms with E-state index in [1.54, 1.807) is 18.3 Å². The van der Waals surface area contributed by atoms with Crippen molar-refractivity contribution >= 4 is 11.7 Å². The number of anilines is 1. The van der Waals surface area contributed by atoms with Crippen LogP contribution in [-0.4, -0.2) is 34.0 Å². The van der Waals surface area contributed by atoms with Crippen LogP contribution in [0.1, 0.15) is 44.6 Å². The number of nitrogens with two attached hydrogens (primary N) is 1. The highest BCUT2D eigenvalue weighted by Crippen LogP contribution is 2.21. The van der Waals surface area contributed by atoms with Crippen LogP contribution in [0.3, 0.4) is 0 Å². The zero-order valence-electron chi connectivity index (χ0n) is 11.3. The average molecular weight is 238 g/mol. The quantitative estimate of drug-likeness (QED) is 0.871. The molecule has 0 aromatic carbocycles. The molecule has 0 aliphatic heterocycles. The van der Waals surface area contributed by atoms with Crippen LogP contribution in [0.15, 0.2) is 6.33 Å². The van der Waals surface area contributed by atoms with E-state index in [1.807, 2.05) is 32.3 Å². The lowest BCUT2D eigenvalue weighted by molar-refractivity contribution is 0.0791. The first-order valence-corrected chi connectivity index (χ1v) is 5.87. The molecule has 0 unspecified atom stereocenters. The van der Waals surface area contributed by atoms with Crippen molar-refractivity contribution in [2.24, 2.45) is 0 Å². The zero-order valence-corrected chi connectivity index (χ0v) is 11.3. The Bertz CT molecular complexity index is 403. The van der Waals surface area contributed by atoms with Crippen LogP contribution in [0.2, 0.25) is 0 Å². The van der Waals surface area contributed by atoms with Crippen LogP contribution in [0.5, 0.6) is 0 Å². The van der Waals surface area contributed by atoms with Crippen molar-refractivity contribution in [3.8, 4) is 0 Å². The fourth-order valence-electron chi connectivity index (χ4n) is 1.67. The van der Waals surface area contributed by atoms with Crippen molar-refractivity contribution in [1.82, 2.24) is 14.5 Å². The fourth-order valence-corrected chi connectivity index (χ4v) is 1.67. The van der Waals surface area contributed by atoms with Crippen molar-refractivity contribution in [3.63, 3.8) is 0 Å². The Morgan fingerprint density at radius 3 is 2.53 bits per heavy atom. The van der Waals surface area contributed by atoms with Crippen molar-refractivity contribution < 1.29 is 4.79 Å². The molecule has 17 heavy (non-hydrogen) atoms. The molecule has 96 valence electrons. The van der Waals surface area contributed by atoms with E-state index in [4.69, 9.17) is 5.73 Å². The van der Waals surface area contributed by atoms with Gasteiger partial charge in [0.2, 0.25) is 0 Å². The second kappa shape index (κ2) is 4.77. The maximum Gasteiger partial charge on any atom is 0.276 e. The highest BCUT2D eigenvalue weighted by molar-refractivity contribution is 5.96. The number of rotatable bonds is 3. The molecule has 5 heteroatoms. The smallest absolute Gasteiger partial charge is 0.276 e. The summed E-state index contributed by atoms with van der Waals surface area (Å²) in [5.74, 6) is 0.317. The minimum atomic E-state index is -0.168. The Morgan fingerprint density at radius 2 is 2.12 bits per heavy atom. The molecule has 0 saturated heterocycles. The van der Waals surface area contributed by atoms with Crippen LogP contribution in [-0.2, 0) is 5.54 Å². The Hall–Kier alpha value is -1.52. The molecule has 0 atom stereocenters. The van der Waals surface area contributed by atoms with Gasteiger partial charge >= 0.3 is 0 Å². The molecule has 0 bridgehead atoms. The SMILES string of the molecule is CCCN(C)C(=O)c1ncn(C(C)(C)C)c1N. The van der Waals surface area contributed by atoms with Crippen LogP contribution in [0, 0.1) is 0 Å². The molecule has 0 radical (unpaired) electrons. The second-order valence-electron chi connectivity index (χ2n) is 5.25. The van der Waals surface area contributed by atoms with Gasteiger partial charge in [-0.1, -0.05) is 6.92 Å². The maximum absolute atomic E-state index is 12.1. The van der Waals surface area contributed by atoms with Gasteiger partial charge in [-0.25, -0.2) is 4.98 Å². The summed E-state index contributed by atoms with van der Waals surface area (Å²) in [6, 6.07) is 0. The molecule has 5 nitrogen and oxygen atoms in total. The Morgan fingerprint density at radius 1 is 1.53 bits per heavy atom. The molecule has 0 aliphatic rings. The van der Waals surface area contributed by atoms with Crippen LogP contribution in [0.4, 0.5) is 5.82 Å². The van der Waals surface area contributed by atoms with Gasteiger partial charge in [0.1, 0.15) is 5.82 Å². The third-order valence-corrected chi connectivity index (χ3v) is 2.64. The van der Waals surface area contributed by atoms with Gasteiger partial charge in [-0.2, -0.15) is 0 Å². The molecule has 1 rings (SSSR count). The summed E-state index contributed by atoms with van der Waals surface area (Å²) in [5, 5.41) is 0. The second-order valence-corrected chi connectivity index (χ2v) is 5.25. The summed E-state index contributed by atoms with van der Waals surface area (Å²) in [4.78, 5) is 17.8. The third-order valence-electron chi connectivity index (χ3n) is 2.64. The van der Waals surface area contributed by atoms with E-state index in [-0.39, 0.29) is 11.4 Å². The van der Waals surface area contributed by atoms with E-state index in [0.29, 0.717) is 18.1 Å². The normalized spacial score (nSPS) is 11.6. The largest absolute Gasteiger partial charge is 0.383 e. The summed E-state index contributed by atoms with van der Waals surface area (Å²) < 4.78 is 1.82. The van der Waals surface area contributed by atoms with Crippen LogP contribution >= 0.6 is 0 Å². The van der Waals surface area contributed by atoms with E-state index in [0.717, 1.165) is 6.42 Å². The summed E-state index contributed by atoms with van der Waals surface area (Å²) in [5.41, 5.74) is 6.15. The predicted octanol–water partition coefficient (Wildman–Crippen LogP) is 1.70. The van der Waals surface area contributed by atoms with Gasteiger partial charge in [0.15, 0.2) is 5.69 Å². The van der Waals surface area contributed by atoms with Gasteiger partial charge in [0.05, 0.1) is 6.33 Å². The monoisotopic (exact) mass is 238 g/mol. The minimum Gasteiger partial charge on any atom is -0.383 e. The Labute approximate surface area is 103 Å². The van der Waals surface area contributed by atoms with E-state index in [2.05, 4.69) is 4.98 Å². The molecular weight excluding hydrogens is 216 g/mol. The summed E-state index contributed by atoms with van der Waals surface area (Å²) in [6.07, 6.45) is 2.55. The predicted molar refractivity (Wildman–Crippen MR) is 68.9 cm³/mol. The number of hydrogen-bond donors (Lipinski definition) is 1. The number of carbonyl (C=O) groups excluding carboxylic acids is 1. The van der Waals surface area contributed by atoms with Gasteiger partial charge in [0.25, 0.3) is 5.91 Å². The van der Waals surface area contributed by atoms with E-state index < -0.39 is 0 Å². The molecule has 1 amide bonds. The minimum absolute atomic E-state index is 0.118. The van der Waals surface area contributed by atoms with Gasteiger partial charge in [-0.05, 0) is 27.2 Å². The molecule has 0 aliphatic carbocycles. The highest BCUT2D eigenvalue weighted by atomic mass is 16.2. The summed E-state index contributed by atoms with van der Waals surface area (Å²) >= 11 is 0. The standard InChI is InChI=1S/C12H22N4O/c1-6-7-15(5)11(17)9-10(13)16(8-14-9)12(2,3)4/h8H,6-7,13H2,1-5H3. The highest BCUT2D eigenvalue weighted by Gasteiger charge is 2.23. The van der Waals surface area contributed by atoms with Crippen molar-refractivity contribution in [1.29, 1.82) is 0 Å². The molecule has 1 heterocycles. The number of nitrogens with zero attached hydrogens (tertiary/aromatic N) is 3. The average Bonchev–Trinajstić information content (AvgIpc) is 2.58. The number of hydrogen-bond acceptors (Lipinski definition) is 3. The molecular formula is C12H22N4O. The lowest BCUT2D eigenvalue weighted by Gasteiger charge is -2.22. The molecule has 2 N–H and O–H groups in total. The Balaban J connectivity index is 3.01. The van der Waals surface area contributed by atoms with Crippen molar-refractivity contribution in [3.05, 3.63) is 12.0 Å². The number of carbonyl (C=O) groups is 1. The van der Waals surface area contributed by atoms with Crippen LogP contribution < -0.4 is 5.73 Å². The maximum atomic E-state index is 12.1. The number of nitrogen functional groups attached to an aromatic ring is 1.